The highest BCUT2D eigenvalue weighted by Crippen LogP contribution is 2.40. The van der Waals surface area contributed by atoms with Crippen molar-refractivity contribution in [1.82, 2.24) is 9.80 Å². The molecule has 4 fully saturated rings. The topological polar surface area (TPSA) is 64.1 Å². The number of piperidine rings is 1. The Morgan fingerprint density at radius 2 is 1.56 bits per heavy atom. The second kappa shape index (κ2) is 10.2. The van der Waals surface area contributed by atoms with Crippen LogP contribution in [-0.4, -0.2) is 72.1 Å². The Morgan fingerprint density at radius 3 is 2.22 bits per heavy atom. The van der Waals surface area contributed by atoms with E-state index >= 15 is 0 Å². The molecule has 5 rings (SSSR count). The van der Waals surface area contributed by atoms with Crippen molar-refractivity contribution in [3.63, 3.8) is 0 Å². The molecule has 1 aromatic rings. The molecule has 6 nitrogen and oxygen atoms in total. The molecule has 3 heterocycles. The summed E-state index contributed by atoms with van der Waals surface area (Å²) >= 11 is 0. The molecule has 1 N–H and O–H groups in total. The largest absolute Gasteiger partial charge is 0.481 e. The summed E-state index contributed by atoms with van der Waals surface area (Å²) in [6.07, 6.45) is 3.01. The van der Waals surface area contributed by atoms with E-state index in [1.807, 2.05) is 9.80 Å². The van der Waals surface area contributed by atoms with E-state index in [2.05, 4.69) is 4.90 Å². The Hall–Kier alpha value is -2.29. The van der Waals surface area contributed by atoms with Crippen molar-refractivity contribution in [1.29, 1.82) is 0 Å². The summed E-state index contributed by atoms with van der Waals surface area (Å²) in [6.45, 7) is 3.80. The molecule has 9 heteroatoms. The maximum Gasteiger partial charge on any atom is 0.416 e. The molecular weight excluding hydrogens is 471 g/mol. The average molecular weight is 508 g/mol. The van der Waals surface area contributed by atoms with Crippen LogP contribution in [0.3, 0.4) is 0 Å². The summed E-state index contributed by atoms with van der Waals surface area (Å²) in [5, 5.41) is 9.31. The van der Waals surface area contributed by atoms with Gasteiger partial charge < -0.3 is 14.9 Å². The van der Waals surface area contributed by atoms with E-state index in [0.29, 0.717) is 50.7 Å². The number of amides is 1. The Labute approximate surface area is 210 Å². The van der Waals surface area contributed by atoms with Crippen molar-refractivity contribution in [2.45, 2.75) is 69.5 Å². The lowest BCUT2D eigenvalue weighted by atomic mass is 9.91. The van der Waals surface area contributed by atoms with Gasteiger partial charge in [0.15, 0.2) is 0 Å². The smallest absolute Gasteiger partial charge is 0.416 e. The number of aliphatic carboxylic acids is 1. The predicted octanol–water partition coefficient (Wildman–Crippen LogP) is 4.59. The van der Waals surface area contributed by atoms with Crippen LogP contribution in [0.4, 0.5) is 18.9 Å². The van der Waals surface area contributed by atoms with Gasteiger partial charge in [-0.2, -0.15) is 13.2 Å². The number of nitrogens with zero attached hydrogens (tertiary/aromatic N) is 3. The number of rotatable bonds is 5. The first-order valence-electron chi connectivity index (χ1n) is 13.4. The Morgan fingerprint density at radius 1 is 0.861 bits per heavy atom. The van der Waals surface area contributed by atoms with Gasteiger partial charge in [0.05, 0.1) is 17.4 Å². The first kappa shape index (κ1) is 25.4. The third-order valence-corrected chi connectivity index (χ3v) is 8.89. The van der Waals surface area contributed by atoms with Crippen molar-refractivity contribution in [3.8, 4) is 0 Å². The lowest BCUT2D eigenvalue weighted by molar-refractivity contribution is -0.142. The zero-order valence-electron chi connectivity index (χ0n) is 20.7. The molecule has 1 aliphatic carbocycles. The number of carboxylic acid groups (broad SMARTS) is 1. The number of carbonyl (C=O) groups excluding carboxylic acids is 1. The average Bonchev–Trinajstić information content (AvgIpc) is 3.64. The van der Waals surface area contributed by atoms with Gasteiger partial charge in [-0.1, -0.05) is 18.9 Å². The molecule has 1 aromatic carbocycles. The van der Waals surface area contributed by atoms with Crippen molar-refractivity contribution >= 4 is 17.6 Å². The van der Waals surface area contributed by atoms with Crippen LogP contribution in [0.1, 0.15) is 68.4 Å². The van der Waals surface area contributed by atoms with Crippen LogP contribution in [0.15, 0.2) is 18.2 Å². The molecule has 198 valence electrons. The minimum atomic E-state index is -4.45. The highest BCUT2D eigenvalue weighted by Gasteiger charge is 2.39. The van der Waals surface area contributed by atoms with E-state index in [0.717, 1.165) is 37.6 Å². The molecule has 0 spiro atoms. The maximum absolute atomic E-state index is 13.5. The maximum atomic E-state index is 13.5. The summed E-state index contributed by atoms with van der Waals surface area (Å²) in [5.41, 5.74) is 0.692. The van der Waals surface area contributed by atoms with Gasteiger partial charge in [0.1, 0.15) is 0 Å². The summed E-state index contributed by atoms with van der Waals surface area (Å²) in [6, 6.07) is 4.56. The first-order valence-corrected chi connectivity index (χ1v) is 13.4. The van der Waals surface area contributed by atoms with E-state index < -0.39 is 23.6 Å². The van der Waals surface area contributed by atoms with Crippen LogP contribution in [0.5, 0.6) is 0 Å². The first-order chi connectivity index (χ1) is 17.2. The second-order valence-electron chi connectivity index (χ2n) is 11.1. The summed E-state index contributed by atoms with van der Waals surface area (Å²) in [7, 11) is 0. The van der Waals surface area contributed by atoms with Crippen LogP contribution in [-0.2, 0) is 15.8 Å². The molecule has 2 atom stereocenters. The molecule has 3 saturated heterocycles. The highest BCUT2D eigenvalue weighted by atomic mass is 19.4. The van der Waals surface area contributed by atoms with Crippen LogP contribution in [0.25, 0.3) is 0 Å². The van der Waals surface area contributed by atoms with Gasteiger partial charge in [0.25, 0.3) is 0 Å². The minimum Gasteiger partial charge on any atom is -0.481 e. The molecule has 1 amide bonds. The van der Waals surface area contributed by atoms with Crippen LogP contribution in [0.2, 0.25) is 0 Å². The van der Waals surface area contributed by atoms with Gasteiger partial charge in [0.2, 0.25) is 5.91 Å². The summed E-state index contributed by atoms with van der Waals surface area (Å²) < 4.78 is 40.6. The normalized spacial score (nSPS) is 26.8. The Kier molecular flexibility index (Phi) is 7.21. The Balaban J connectivity index is 1.29. The third kappa shape index (κ3) is 5.22. The quantitative estimate of drug-likeness (QED) is 0.632. The van der Waals surface area contributed by atoms with Crippen molar-refractivity contribution in [3.05, 3.63) is 29.3 Å². The molecule has 4 aliphatic rings. The zero-order valence-corrected chi connectivity index (χ0v) is 20.7. The molecule has 3 aliphatic heterocycles. The number of anilines is 1. The monoisotopic (exact) mass is 507 g/mol. The number of halogens is 3. The number of carboxylic acids is 1. The van der Waals surface area contributed by atoms with Gasteiger partial charge in [-0.05, 0) is 62.8 Å². The van der Waals surface area contributed by atoms with Gasteiger partial charge in [-0.25, -0.2) is 0 Å². The van der Waals surface area contributed by atoms with Gasteiger partial charge >= 0.3 is 12.1 Å². The number of benzene rings is 1. The van der Waals surface area contributed by atoms with E-state index in [9.17, 15) is 27.9 Å². The van der Waals surface area contributed by atoms with Crippen LogP contribution < -0.4 is 4.90 Å². The van der Waals surface area contributed by atoms with Crippen molar-refractivity contribution in [2.24, 2.45) is 11.8 Å². The van der Waals surface area contributed by atoms with Crippen molar-refractivity contribution < 1.29 is 27.9 Å². The van der Waals surface area contributed by atoms with Crippen LogP contribution >= 0.6 is 0 Å². The number of likely N-dealkylation sites (tertiary alicyclic amines) is 2. The molecule has 0 radical (unpaired) electrons. The number of carbonyl (C=O) groups is 2. The fourth-order valence-electron chi connectivity index (χ4n) is 6.77. The predicted molar refractivity (Wildman–Crippen MR) is 130 cm³/mol. The van der Waals surface area contributed by atoms with Gasteiger partial charge in [-0.3, -0.25) is 14.5 Å². The fraction of sp³-hybridized carbons (Fsp3) is 0.704. The fourth-order valence-corrected chi connectivity index (χ4v) is 6.77. The molecular formula is C27H36F3N3O3. The van der Waals surface area contributed by atoms with Gasteiger partial charge in [-0.15, -0.1) is 0 Å². The number of hydrogen-bond acceptors (Lipinski definition) is 4. The third-order valence-electron chi connectivity index (χ3n) is 8.89. The molecule has 2 unspecified atom stereocenters. The molecule has 1 saturated carbocycles. The standard InChI is InChI=1S/C27H36F3N3O3/c28-27(29,30)21-5-6-23(24(15-21)31-11-7-18(8-12-31)26(35)36)19-9-14-33(16-19)25(34)20-10-13-32(17-20)22-3-1-2-4-22/h5-6,15,18-20,22H,1-4,7-14,16-17H2,(H,35,36). The highest BCUT2D eigenvalue weighted by molar-refractivity contribution is 5.80. The van der Waals surface area contributed by atoms with E-state index in [1.54, 1.807) is 6.07 Å². The van der Waals surface area contributed by atoms with Crippen LogP contribution in [0, 0.1) is 11.8 Å². The zero-order chi connectivity index (χ0) is 25.4. The SMILES string of the molecule is O=C(O)C1CCN(c2cc(C(F)(F)F)ccc2C2CCN(C(=O)C3CCN(C4CCCC4)C3)C2)CC1. The summed E-state index contributed by atoms with van der Waals surface area (Å²) in [5.74, 6) is -1.11. The molecule has 36 heavy (non-hydrogen) atoms. The molecule has 0 aromatic heterocycles. The van der Waals surface area contributed by atoms with E-state index in [4.69, 9.17) is 0 Å². The van der Waals surface area contributed by atoms with E-state index in [-0.39, 0.29) is 17.7 Å². The molecule has 0 bridgehead atoms. The summed E-state index contributed by atoms with van der Waals surface area (Å²) in [4.78, 5) is 31.0. The number of hydrogen-bond donors (Lipinski definition) is 1. The second-order valence-corrected chi connectivity index (χ2v) is 11.1. The van der Waals surface area contributed by atoms with E-state index in [1.165, 1.54) is 31.7 Å². The lowest BCUT2D eigenvalue weighted by Gasteiger charge is -2.34. The minimum absolute atomic E-state index is 0.0178. The Bertz CT molecular complexity index is 971. The lowest BCUT2D eigenvalue weighted by Crippen LogP contribution is -2.38. The van der Waals surface area contributed by atoms with Crippen molar-refractivity contribution in [2.75, 3.05) is 44.2 Å². The van der Waals surface area contributed by atoms with Gasteiger partial charge in [0, 0.05) is 50.4 Å². The number of alkyl halides is 3.